The average Bonchev–Trinajstić information content (AvgIpc) is 2.66. The van der Waals surface area contributed by atoms with Gasteiger partial charge in [0.15, 0.2) is 17.8 Å². The summed E-state index contributed by atoms with van der Waals surface area (Å²) in [6, 6.07) is 6.82. The van der Waals surface area contributed by atoms with Gasteiger partial charge in [0.1, 0.15) is 18.0 Å². The van der Waals surface area contributed by atoms with Crippen molar-refractivity contribution >= 4 is 11.9 Å². The van der Waals surface area contributed by atoms with Crippen LogP contribution >= 0.6 is 0 Å². The molecule has 2 aromatic rings. The van der Waals surface area contributed by atoms with Crippen LogP contribution in [0.25, 0.3) is 5.57 Å². The van der Waals surface area contributed by atoms with Crippen molar-refractivity contribution in [2.75, 3.05) is 13.7 Å². The molecular weight excluding hydrogens is 321 g/mol. The number of benzene rings is 1. The van der Waals surface area contributed by atoms with Crippen molar-refractivity contribution in [1.82, 2.24) is 4.98 Å². The lowest BCUT2D eigenvalue weighted by atomic mass is 9.87. The lowest BCUT2D eigenvalue weighted by molar-refractivity contribution is 0.111. The Morgan fingerprint density at radius 3 is 2.68 bits per heavy atom. The Morgan fingerprint density at radius 2 is 1.92 bits per heavy atom. The smallest absolute Gasteiger partial charge is 0.157 e. The van der Waals surface area contributed by atoms with Gasteiger partial charge in [-0.25, -0.2) is 4.39 Å². The fourth-order valence-corrected chi connectivity index (χ4v) is 3.15. The summed E-state index contributed by atoms with van der Waals surface area (Å²) in [6.07, 6.45) is 7.44. The summed E-state index contributed by atoms with van der Waals surface area (Å²) >= 11 is 0. The van der Waals surface area contributed by atoms with E-state index < -0.39 is 0 Å². The molecule has 0 unspecified atom stereocenters. The maximum atomic E-state index is 14.2. The molecule has 0 fully saturated rings. The summed E-state index contributed by atoms with van der Waals surface area (Å²) in [5.41, 5.74) is 3.05. The van der Waals surface area contributed by atoms with Crippen LogP contribution < -0.4 is 9.47 Å². The number of aldehydes is 1. The van der Waals surface area contributed by atoms with E-state index >= 15 is 0 Å². The standard InChI is InChI=1S/C20H20FNO3/c1-24-19-10-22-11-20(17(19)12-23)25-13-14-6-2-3-7-15(14)16-8-4-5-9-18(16)21/h4-5,8-12H,2-3,6-7,13H2,1H3. The highest BCUT2D eigenvalue weighted by Crippen LogP contribution is 2.34. The van der Waals surface area contributed by atoms with Crippen molar-refractivity contribution in [3.63, 3.8) is 0 Å². The number of halogens is 1. The SMILES string of the molecule is COc1cncc(OCC2=C(c3ccccc3F)CCCC2)c1C=O. The Balaban J connectivity index is 1.88. The van der Waals surface area contributed by atoms with Crippen LogP contribution in [0, 0.1) is 5.82 Å². The van der Waals surface area contributed by atoms with Crippen LogP contribution in [0.15, 0.2) is 42.2 Å². The molecule has 1 heterocycles. The van der Waals surface area contributed by atoms with Gasteiger partial charge in [0.05, 0.1) is 19.5 Å². The van der Waals surface area contributed by atoms with Crippen LogP contribution in [-0.2, 0) is 0 Å². The molecule has 0 amide bonds. The number of ether oxygens (including phenoxy) is 2. The van der Waals surface area contributed by atoms with Crippen molar-refractivity contribution in [3.05, 3.63) is 59.2 Å². The van der Waals surface area contributed by atoms with Gasteiger partial charge in [0, 0.05) is 5.56 Å². The summed E-state index contributed by atoms with van der Waals surface area (Å²) < 4.78 is 25.2. The Morgan fingerprint density at radius 1 is 1.16 bits per heavy atom. The highest BCUT2D eigenvalue weighted by Gasteiger charge is 2.18. The Bertz CT molecular complexity index is 801. The molecule has 5 heteroatoms. The molecule has 0 atom stereocenters. The quantitative estimate of drug-likeness (QED) is 0.729. The highest BCUT2D eigenvalue weighted by molar-refractivity contribution is 5.83. The largest absolute Gasteiger partial charge is 0.494 e. The monoisotopic (exact) mass is 341 g/mol. The van der Waals surface area contributed by atoms with Crippen molar-refractivity contribution in [2.45, 2.75) is 25.7 Å². The predicted octanol–water partition coefficient (Wildman–Crippen LogP) is 4.45. The third-order valence-corrected chi connectivity index (χ3v) is 4.44. The molecule has 1 aliphatic carbocycles. The second kappa shape index (κ2) is 7.92. The number of rotatable bonds is 6. The van der Waals surface area contributed by atoms with Crippen LogP contribution in [-0.4, -0.2) is 25.0 Å². The molecule has 0 radical (unpaired) electrons. The van der Waals surface area contributed by atoms with Gasteiger partial charge < -0.3 is 9.47 Å². The van der Waals surface area contributed by atoms with Crippen LogP contribution in [0.2, 0.25) is 0 Å². The van der Waals surface area contributed by atoms with Crippen molar-refractivity contribution < 1.29 is 18.7 Å². The third kappa shape index (κ3) is 3.71. The fourth-order valence-electron chi connectivity index (χ4n) is 3.15. The lowest BCUT2D eigenvalue weighted by Crippen LogP contribution is -2.10. The number of nitrogens with zero attached hydrogens (tertiary/aromatic N) is 1. The molecule has 130 valence electrons. The zero-order valence-corrected chi connectivity index (χ0v) is 14.1. The van der Waals surface area contributed by atoms with Gasteiger partial charge >= 0.3 is 0 Å². The summed E-state index contributed by atoms with van der Waals surface area (Å²) in [7, 11) is 1.48. The maximum Gasteiger partial charge on any atom is 0.157 e. The first-order valence-electron chi connectivity index (χ1n) is 8.30. The normalized spacial score (nSPS) is 14.3. The molecule has 0 bridgehead atoms. The predicted molar refractivity (Wildman–Crippen MR) is 93.5 cm³/mol. The second-order valence-corrected chi connectivity index (χ2v) is 5.93. The maximum absolute atomic E-state index is 14.2. The van der Waals surface area contributed by atoms with Gasteiger partial charge in [-0.2, -0.15) is 0 Å². The molecule has 25 heavy (non-hydrogen) atoms. The van der Waals surface area contributed by atoms with Crippen LogP contribution in [0.5, 0.6) is 11.5 Å². The van der Waals surface area contributed by atoms with Crippen LogP contribution in [0.1, 0.15) is 41.6 Å². The number of carbonyl (C=O) groups excluding carboxylic acids is 1. The molecule has 0 spiro atoms. The molecule has 1 aromatic heterocycles. The summed E-state index contributed by atoms with van der Waals surface area (Å²) in [5.74, 6) is 0.535. The van der Waals surface area contributed by atoms with Crippen LogP contribution in [0.4, 0.5) is 4.39 Å². The van der Waals surface area contributed by atoms with E-state index in [0.717, 1.165) is 36.8 Å². The zero-order valence-electron chi connectivity index (χ0n) is 14.1. The first-order valence-corrected chi connectivity index (χ1v) is 8.30. The molecule has 0 saturated heterocycles. The van der Waals surface area contributed by atoms with E-state index in [-0.39, 0.29) is 5.82 Å². The molecule has 1 aliphatic rings. The summed E-state index contributed by atoms with van der Waals surface area (Å²) in [6.45, 7) is 0.305. The number of hydrogen-bond donors (Lipinski definition) is 0. The first kappa shape index (κ1) is 17.1. The van der Waals surface area contributed by atoms with E-state index in [1.165, 1.54) is 25.6 Å². The number of carbonyl (C=O) groups is 1. The number of aromatic nitrogens is 1. The van der Waals surface area contributed by atoms with E-state index in [2.05, 4.69) is 4.98 Å². The Labute approximate surface area is 146 Å². The summed E-state index contributed by atoms with van der Waals surface area (Å²) in [4.78, 5) is 15.4. The van der Waals surface area contributed by atoms with Gasteiger partial charge in [0.25, 0.3) is 0 Å². The molecule has 0 aliphatic heterocycles. The molecule has 4 nitrogen and oxygen atoms in total. The minimum atomic E-state index is -0.214. The average molecular weight is 341 g/mol. The number of allylic oxidation sites excluding steroid dienone is 1. The number of pyridine rings is 1. The molecular formula is C20H20FNO3. The van der Waals surface area contributed by atoms with Gasteiger partial charge in [-0.15, -0.1) is 0 Å². The molecule has 0 N–H and O–H groups in total. The van der Waals surface area contributed by atoms with Crippen molar-refractivity contribution in [3.8, 4) is 11.5 Å². The minimum Gasteiger partial charge on any atom is -0.494 e. The Hall–Kier alpha value is -2.69. The van der Waals surface area contributed by atoms with Gasteiger partial charge in [-0.05, 0) is 42.9 Å². The van der Waals surface area contributed by atoms with E-state index in [9.17, 15) is 9.18 Å². The van der Waals surface area contributed by atoms with Crippen molar-refractivity contribution in [2.24, 2.45) is 0 Å². The molecule has 0 saturated carbocycles. The topological polar surface area (TPSA) is 48.4 Å². The third-order valence-electron chi connectivity index (χ3n) is 4.44. The van der Waals surface area contributed by atoms with E-state index in [1.807, 2.05) is 6.07 Å². The van der Waals surface area contributed by atoms with Gasteiger partial charge in [0.2, 0.25) is 0 Å². The lowest BCUT2D eigenvalue weighted by Gasteiger charge is -2.22. The van der Waals surface area contributed by atoms with Gasteiger partial charge in [-0.1, -0.05) is 18.2 Å². The first-order chi connectivity index (χ1) is 12.2. The zero-order chi connectivity index (χ0) is 17.6. The Kier molecular flexibility index (Phi) is 5.43. The fraction of sp³-hybridized carbons (Fsp3) is 0.300. The second-order valence-electron chi connectivity index (χ2n) is 5.93. The van der Waals surface area contributed by atoms with Crippen LogP contribution in [0.3, 0.4) is 0 Å². The summed E-state index contributed by atoms with van der Waals surface area (Å²) in [5, 5.41) is 0. The highest BCUT2D eigenvalue weighted by atomic mass is 19.1. The number of hydrogen-bond acceptors (Lipinski definition) is 4. The van der Waals surface area contributed by atoms with Crippen molar-refractivity contribution in [1.29, 1.82) is 0 Å². The van der Waals surface area contributed by atoms with E-state index in [4.69, 9.17) is 9.47 Å². The van der Waals surface area contributed by atoms with E-state index in [0.29, 0.717) is 35.5 Å². The minimum absolute atomic E-state index is 0.214. The molecule has 3 rings (SSSR count). The number of methoxy groups -OCH3 is 1. The van der Waals surface area contributed by atoms with Gasteiger partial charge in [-0.3, -0.25) is 9.78 Å². The molecule has 1 aromatic carbocycles. The van der Waals surface area contributed by atoms with E-state index in [1.54, 1.807) is 12.1 Å².